The van der Waals surface area contributed by atoms with Gasteiger partial charge in [0, 0.05) is 11.4 Å². The van der Waals surface area contributed by atoms with Gasteiger partial charge in [-0.1, -0.05) is 42.9 Å². The zero-order valence-electron chi connectivity index (χ0n) is 15.6. The summed E-state index contributed by atoms with van der Waals surface area (Å²) < 4.78 is 25.6. The molecule has 0 fully saturated rings. The summed E-state index contributed by atoms with van der Waals surface area (Å²) in [5.74, 6) is 0.0844. The lowest BCUT2D eigenvalue weighted by atomic mass is 10.0. The van der Waals surface area contributed by atoms with E-state index in [0.29, 0.717) is 16.1 Å². The first-order chi connectivity index (χ1) is 13.2. The number of carbonyl (C=O) groups excluding carboxylic acids is 1. The Morgan fingerprint density at radius 3 is 2.57 bits per heavy atom. The molecule has 0 aliphatic carbocycles. The summed E-state index contributed by atoms with van der Waals surface area (Å²) in [5.41, 5.74) is 2.07. The Bertz CT molecular complexity index is 1090. The van der Waals surface area contributed by atoms with Gasteiger partial charge in [0.05, 0.1) is 20.9 Å². The quantitative estimate of drug-likeness (QED) is 0.547. The molecule has 0 bridgehead atoms. The predicted octanol–water partition coefficient (Wildman–Crippen LogP) is 5.27. The maximum atomic E-state index is 12.3. The Morgan fingerprint density at radius 2 is 1.89 bits per heavy atom. The highest BCUT2D eigenvalue weighted by atomic mass is 35.5. The molecule has 1 amide bonds. The van der Waals surface area contributed by atoms with E-state index in [1.165, 1.54) is 29.0 Å². The molecule has 0 saturated carbocycles. The molecule has 0 spiro atoms. The fourth-order valence-corrected chi connectivity index (χ4v) is 5.09. The normalized spacial score (nSPS) is 11.9. The summed E-state index contributed by atoms with van der Waals surface area (Å²) in [7, 11) is -3.43. The minimum Gasteiger partial charge on any atom is -0.302 e. The molecule has 0 atom stereocenters. The van der Waals surface area contributed by atoms with Crippen LogP contribution in [0.2, 0.25) is 5.02 Å². The topological polar surface area (TPSA) is 76.1 Å². The van der Waals surface area contributed by atoms with Gasteiger partial charge < -0.3 is 5.32 Å². The van der Waals surface area contributed by atoms with Crippen molar-refractivity contribution in [1.82, 2.24) is 4.98 Å². The van der Waals surface area contributed by atoms with Crippen LogP contribution in [-0.2, 0) is 14.6 Å². The second-order valence-electron chi connectivity index (χ2n) is 6.83. The number of benzene rings is 2. The second kappa shape index (κ2) is 8.59. The van der Waals surface area contributed by atoms with Gasteiger partial charge >= 0.3 is 0 Å². The van der Waals surface area contributed by atoms with E-state index < -0.39 is 9.84 Å². The van der Waals surface area contributed by atoms with Crippen LogP contribution < -0.4 is 5.32 Å². The van der Waals surface area contributed by atoms with E-state index in [0.717, 1.165) is 10.2 Å². The summed E-state index contributed by atoms with van der Waals surface area (Å²) in [6, 6.07) is 12.1. The number of amides is 1. The number of halogens is 1. The van der Waals surface area contributed by atoms with Crippen molar-refractivity contribution in [2.24, 2.45) is 0 Å². The zero-order chi connectivity index (χ0) is 20.3. The number of sulfone groups is 1. The summed E-state index contributed by atoms with van der Waals surface area (Å²) in [5, 5.41) is 3.78. The van der Waals surface area contributed by atoms with Gasteiger partial charge in [0.1, 0.15) is 0 Å². The third kappa shape index (κ3) is 5.10. The summed E-state index contributed by atoms with van der Waals surface area (Å²) in [4.78, 5) is 16.8. The molecule has 0 unspecified atom stereocenters. The molecule has 1 heterocycles. The van der Waals surface area contributed by atoms with Crippen LogP contribution in [0.1, 0.15) is 38.2 Å². The molecule has 1 N–H and O–H groups in total. The van der Waals surface area contributed by atoms with Crippen molar-refractivity contribution in [3.63, 3.8) is 0 Å². The monoisotopic (exact) mass is 436 g/mol. The molecule has 0 aliphatic rings. The van der Waals surface area contributed by atoms with Crippen molar-refractivity contribution in [3.8, 4) is 0 Å². The maximum Gasteiger partial charge on any atom is 0.226 e. The first-order valence-electron chi connectivity index (χ1n) is 8.93. The van der Waals surface area contributed by atoms with Gasteiger partial charge in [-0.05, 0) is 54.3 Å². The van der Waals surface area contributed by atoms with Crippen LogP contribution >= 0.6 is 22.9 Å². The van der Waals surface area contributed by atoms with E-state index in [2.05, 4.69) is 30.2 Å². The molecule has 8 heteroatoms. The summed E-state index contributed by atoms with van der Waals surface area (Å²) in [6.07, 6.45) is 0.346. The molecule has 28 heavy (non-hydrogen) atoms. The van der Waals surface area contributed by atoms with Crippen LogP contribution in [-0.4, -0.2) is 25.1 Å². The van der Waals surface area contributed by atoms with Crippen LogP contribution in [0.25, 0.3) is 10.2 Å². The average Bonchev–Trinajstić information content (AvgIpc) is 3.03. The van der Waals surface area contributed by atoms with E-state index >= 15 is 0 Å². The van der Waals surface area contributed by atoms with Gasteiger partial charge in [-0.3, -0.25) is 4.79 Å². The molecule has 148 valence electrons. The molecule has 3 rings (SSSR count). The molecular formula is C20H21ClN2O3S2. The fraction of sp³-hybridized carbons (Fsp3) is 0.300. The average molecular weight is 437 g/mol. The maximum absolute atomic E-state index is 12.3. The molecule has 5 nitrogen and oxygen atoms in total. The van der Waals surface area contributed by atoms with Crippen LogP contribution in [0.15, 0.2) is 47.4 Å². The lowest BCUT2D eigenvalue weighted by Gasteiger charge is -2.05. The number of hydrogen-bond donors (Lipinski definition) is 1. The number of hydrogen-bond acceptors (Lipinski definition) is 5. The van der Waals surface area contributed by atoms with Crippen molar-refractivity contribution in [2.75, 3.05) is 11.1 Å². The highest BCUT2D eigenvalue weighted by Crippen LogP contribution is 2.29. The molecule has 0 saturated heterocycles. The third-order valence-corrected chi connectivity index (χ3v) is 7.32. The highest BCUT2D eigenvalue weighted by molar-refractivity contribution is 7.91. The molecule has 0 aliphatic heterocycles. The standard InChI is InChI=1S/C20H21ClN2O3S2/c1-13(2)14-5-10-17-18(12-14)27-20(22-17)23-19(24)4-3-11-28(25,26)16-8-6-15(21)7-9-16/h5-10,12-13H,3-4,11H2,1-2H3,(H,22,23,24). The van der Waals surface area contributed by atoms with Crippen LogP contribution in [0.3, 0.4) is 0 Å². The smallest absolute Gasteiger partial charge is 0.226 e. The minimum absolute atomic E-state index is 0.0976. The van der Waals surface area contributed by atoms with Gasteiger partial charge in [0.2, 0.25) is 5.91 Å². The lowest BCUT2D eigenvalue weighted by molar-refractivity contribution is -0.116. The van der Waals surface area contributed by atoms with Gasteiger partial charge in [0.15, 0.2) is 15.0 Å². The molecular weight excluding hydrogens is 416 g/mol. The highest BCUT2D eigenvalue weighted by Gasteiger charge is 2.16. The SMILES string of the molecule is CC(C)c1ccc2nc(NC(=O)CCCS(=O)(=O)c3ccc(Cl)cc3)sc2c1. The molecule has 2 aromatic carbocycles. The van der Waals surface area contributed by atoms with Gasteiger partial charge in [-0.25, -0.2) is 13.4 Å². The first-order valence-corrected chi connectivity index (χ1v) is 11.8. The molecule has 3 aromatic rings. The number of nitrogens with zero attached hydrogens (tertiary/aromatic N) is 1. The summed E-state index contributed by atoms with van der Waals surface area (Å²) in [6.45, 7) is 4.26. The van der Waals surface area contributed by atoms with Crippen LogP contribution in [0.5, 0.6) is 0 Å². The zero-order valence-corrected chi connectivity index (χ0v) is 18.0. The van der Waals surface area contributed by atoms with Gasteiger partial charge in [-0.2, -0.15) is 0 Å². The largest absolute Gasteiger partial charge is 0.302 e. The lowest BCUT2D eigenvalue weighted by Crippen LogP contribution is -2.14. The van der Waals surface area contributed by atoms with Crippen molar-refractivity contribution < 1.29 is 13.2 Å². The Balaban J connectivity index is 1.57. The fourth-order valence-electron chi connectivity index (χ4n) is 2.72. The Kier molecular flexibility index (Phi) is 6.37. The molecule has 0 radical (unpaired) electrons. The number of carbonyl (C=O) groups is 1. The Labute approximate surface area is 173 Å². The number of rotatable bonds is 7. The predicted molar refractivity (Wildman–Crippen MR) is 115 cm³/mol. The van der Waals surface area contributed by atoms with Crippen molar-refractivity contribution in [2.45, 2.75) is 37.5 Å². The Hall–Kier alpha value is -1.96. The van der Waals surface area contributed by atoms with Crippen molar-refractivity contribution in [3.05, 3.63) is 53.1 Å². The van der Waals surface area contributed by atoms with Crippen LogP contribution in [0.4, 0.5) is 5.13 Å². The number of aromatic nitrogens is 1. The van der Waals surface area contributed by atoms with E-state index in [9.17, 15) is 13.2 Å². The van der Waals surface area contributed by atoms with Gasteiger partial charge in [0.25, 0.3) is 0 Å². The van der Waals surface area contributed by atoms with E-state index in [-0.39, 0.29) is 29.4 Å². The van der Waals surface area contributed by atoms with Gasteiger partial charge in [-0.15, -0.1) is 0 Å². The van der Waals surface area contributed by atoms with E-state index in [4.69, 9.17) is 11.6 Å². The molecule has 1 aromatic heterocycles. The van der Waals surface area contributed by atoms with E-state index in [1.807, 2.05) is 12.1 Å². The number of nitrogens with one attached hydrogen (secondary N) is 1. The Morgan fingerprint density at radius 1 is 1.18 bits per heavy atom. The van der Waals surface area contributed by atoms with E-state index in [1.54, 1.807) is 12.1 Å². The van der Waals surface area contributed by atoms with Crippen molar-refractivity contribution in [1.29, 1.82) is 0 Å². The number of anilines is 1. The number of thiazole rings is 1. The summed E-state index contributed by atoms with van der Waals surface area (Å²) >= 11 is 7.21. The first kappa shape index (κ1) is 20.8. The van der Waals surface area contributed by atoms with Crippen molar-refractivity contribution >= 4 is 54.0 Å². The minimum atomic E-state index is -3.43. The second-order valence-corrected chi connectivity index (χ2v) is 10.4. The number of fused-ring (bicyclic) bond motifs is 1. The third-order valence-electron chi connectivity index (χ3n) is 4.32. The van der Waals surface area contributed by atoms with Crippen LogP contribution in [0, 0.1) is 0 Å².